The molecule has 0 aromatic carbocycles. The summed E-state index contributed by atoms with van der Waals surface area (Å²) < 4.78 is 9.05. The Hall–Kier alpha value is -1.24. The van der Waals surface area contributed by atoms with Gasteiger partial charge in [-0.2, -0.15) is 5.26 Å². The van der Waals surface area contributed by atoms with Crippen LogP contribution in [0.15, 0.2) is 0 Å². The van der Waals surface area contributed by atoms with E-state index in [1.165, 1.54) is 0 Å². The van der Waals surface area contributed by atoms with Gasteiger partial charge in [-0.3, -0.25) is 0 Å². The van der Waals surface area contributed by atoms with Crippen LogP contribution in [-0.2, 0) is 9.47 Å². The topological polar surface area (TPSA) is 59.3 Å². The fraction of sp³-hybridized carbons (Fsp3) is 0.778. The van der Waals surface area contributed by atoms with Gasteiger partial charge in [-0.15, -0.1) is 0 Å². The molecule has 0 rings (SSSR count). The molecule has 0 heterocycles. The number of unbranched alkanes of at least 4 members (excludes halogenated alkanes) is 3. The molecule has 0 saturated carbocycles. The van der Waals surface area contributed by atoms with E-state index in [1.807, 2.05) is 0 Å². The maximum Gasteiger partial charge on any atom is 0.509 e. The van der Waals surface area contributed by atoms with Crippen LogP contribution in [0.2, 0.25) is 0 Å². The van der Waals surface area contributed by atoms with Crippen LogP contribution in [0.4, 0.5) is 4.79 Å². The number of carbonyl (C=O) groups excluding carboxylic acids is 1. The smallest absolute Gasteiger partial charge is 0.434 e. The highest BCUT2D eigenvalue weighted by Crippen LogP contribution is 1.99. The van der Waals surface area contributed by atoms with Gasteiger partial charge in [0.05, 0.1) is 6.61 Å². The Bertz CT molecular complexity index is 174. The van der Waals surface area contributed by atoms with E-state index in [2.05, 4.69) is 16.4 Å². The zero-order valence-corrected chi connectivity index (χ0v) is 7.91. The van der Waals surface area contributed by atoms with Crippen LogP contribution in [0.5, 0.6) is 0 Å². The molecule has 0 aliphatic carbocycles. The monoisotopic (exact) mass is 185 g/mol. The third-order valence-electron chi connectivity index (χ3n) is 1.47. The van der Waals surface area contributed by atoms with Crippen LogP contribution in [0.1, 0.15) is 32.6 Å². The molecule has 74 valence electrons. The number of hydrogen-bond donors (Lipinski definition) is 0. The minimum Gasteiger partial charge on any atom is -0.434 e. The average Bonchev–Trinajstić information content (AvgIpc) is 2.14. The van der Waals surface area contributed by atoms with Gasteiger partial charge in [0.2, 0.25) is 0 Å². The first-order valence-corrected chi connectivity index (χ1v) is 4.47. The zero-order chi connectivity index (χ0) is 9.94. The van der Waals surface area contributed by atoms with Crippen LogP contribution >= 0.6 is 0 Å². The fourth-order valence-electron chi connectivity index (χ4n) is 0.817. The lowest BCUT2D eigenvalue weighted by Gasteiger charge is -2.02. The van der Waals surface area contributed by atoms with Crippen LogP contribution < -0.4 is 0 Å². The Labute approximate surface area is 78.4 Å². The first-order valence-electron chi connectivity index (χ1n) is 4.47. The number of carbonyl (C=O) groups is 1. The van der Waals surface area contributed by atoms with Gasteiger partial charge in [-0.1, -0.05) is 26.2 Å². The maximum atomic E-state index is 10.6. The molecule has 0 spiro atoms. The number of ether oxygens (including phenoxy) is 2. The first-order chi connectivity index (χ1) is 6.31. The molecule has 13 heavy (non-hydrogen) atoms. The average molecular weight is 185 g/mol. The predicted octanol–water partition coefficient (Wildman–Crippen LogP) is 2.24. The summed E-state index contributed by atoms with van der Waals surface area (Å²) in [7, 11) is 0. The van der Waals surface area contributed by atoms with Crippen molar-refractivity contribution in [2.24, 2.45) is 0 Å². The van der Waals surface area contributed by atoms with Gasteiger partial charge in [-0.25, -0.2) is 4.79 Å². The molecule has 0 aliphatic heterocycles. The number of rotatable bonds is 6. The molecule has 0 bridgehead atoms. The molecule has 0 saturated heterocycles. The van der Waals surface area contributed by atoms with Crippen LogP contribution in [0.3, 0.4) is 0 Å². The van der Waals surface area contributed by atoms with Crippen molar-refractivity contribution in [3.63, 3.8) is 0 Å². The Morgan fingerprint density at radius 2 is 2.08 bits per heavy atom. The summed E-state index contributed by atoms with van der Waals surface area (Å²) in [4.78, 5) is 10.6. The Morgan fingerprint density at radius 3 is 2.69 bits per heavy atom. The van der Waals surface area contributed by atoms with E-state index in [4.69, 9.17) is 5.26 Å². The Kier molecular flexibility index (Phi) is 8.01. The summed E-state index contributed by atoms with van der Waals surface area (Å²) >= 11 is 0. The predicted molar refractivity (Wildman–Crippen MR) is 47.1 cm³/mol. The minimum absolute atomic E-state index is 0.242. The molecular weight excluding hydrogens is 170 g/mol. The molecular formula is C9H15NO3. The van der Waals surface area contributed by atoms with Gasteiger partial charge in [0, 0.05) is 0 Å². The lowest BCUT2D eigenvalue weighted by atomic mass is 10.2. The van der Waals surface area contributed by atoms with E-state index in [0.29, 0.717) is 6.61 Å². The Morgan fingerprint density at radius 1 is 1.31 bits per heavy atom. The fourth-order valence-corrected chi connectivity index (χ4v) is 0.817. The van der Waals surface area contributed by atoms with E-state index in [-0.39, 0.29) is 6.61 Å². The summed E-state index contributed by atoms with van der Waals surface area (Å²) in [6.45, 7) is 2.25. The molecule has 0 N–H and O–H groups in total. The maximum absolute atomic E-state index is 10.6. The molecule has 0 unspecified atom stereocenters. The molecule has 0 aromatic rings. The highest BCUT2D eigenvalue weighted by Gasteiger charge is 2.01. The van der Waals surface area contributed by atoms with E-state index in [1.54, 1.807) is 6.07 Å². The van der Waals surface area contributed by atoms with Gasteiger partial charge in [-0.05, 0) is 6.42 Å². The SMILES string of the molecule is CCCCCCOC(=O)OCC#N. The van der Waals surface area contributed by atoms with Crippen molar-refractivity contribution in [1.29, 1.82) is 5.26 Å². The van der Waals surface area contributed by atoms with Crippen LogP contribution in [-0.4, -0.2) is 19.4 Å². The zero-order valence-electron chi connectivity index (χ0n) is 7.91. The van der Waals surface area contributed by atoms with E-state index >= 15 is 0 Å². The summed E-state index contributed by atoms with van der Waals surface area (Å²) in [5, 5.41) is 8.07. The van der Waals surface area contributed by atoms with Gasteiger partial charge in [0.15, 0.2) is 6.61 Å². The third-order valence-corrected chi connectivity index (χ3v) is 1.47. The highest BCUT2D eigenvalue weighted by molar-refractivity contribution is 5.59. The van der Waals surface area contributed by atoms with Crippen molar-refractivity contribution in [1.82, 2.24) is 0 Å². The summed E-state index contributed by atoms with van der Waals surface area (Å²) in [5.74, 6) is 0. The number of nitrogens with zero attached hydrogens (tertiary/aromatic N) is 1. The molecule has 0 aromatic heterocycles. The van der Waals surface area contributed by atoms with Crippen LogP contribution in [0, 0.1) is 11.3 Å². The molecule has 0 amide bonds. The molecule has 4 nitrogen and oxygen atoms in total. The van der Waals surface area contributed by atoms with Crippen molar-refractivity contribution in [3.05, 3.63) is 0 Å². The third kappa shape index (κ3) is 8.67. The molecule has 0 radical (unpaired) electrons. The van der Waals surface area contributed by atoms with Crippen molar-refractivity contribution < 1.29 is 14.3 Å². The van der Waals surface area contributed by atoms with Crippen molar-refractivity contribution in [2.45, 2.75) is 32.6 Å². The molecule has 0 fully saturated rings. The summed E-state index contributed by atoms with van der Waals surface area (Å²) in [6, 6.07) is 1.69. The molecule has 0 atom stereocenters. The van der Waals surface area contributed by atoms with Crippen molar-refractivity contribution in [2.75, 3.05) is 13.2 Å². The lowest BCUT2D eigenvalue weighted by molar-refractivity contribution is 0.0629. The number of nitriles is 1. The summed E-state index contributed by atoms with van der Waals surface area (Å²) in [5.41, 5.74) is 0. The van der Waals surface area contributed by atoms with E-state index in [9.17, 15) is 4.79 Å². The minimum atomic E-state index is -0.752. The van der Waals surface area contributed by atoms with Crippen molar-refractivity contribution >= 4 is 6.16 Å². The Balaban J connectivity index is 3.13. The van der Waals surface area contributed by atoms with Gasteiger partial charge < -0.3 is 9.47 Å². The number of hydrogen-bond acceptors (Lipinski definition) is 4. The molecule has 0 aliphatic rings. The summed E-state index contributed by atoms with van der Waals surface area (Å²) in [6.07, 6.45) is 3.46. The highest BCUT2D eigenvalue weighted by atomic mass is 16.7. The second-order valence-corrected chi connectivity index (χ2v) is 2.61. The normalized spacial score (nSPS) is 8.92. The quantitative estimate of drug-likeness (QED) is 0.470. The lowest BCUT2D eigenvalue weighted by Crippen LogP contribution is -2.08. The van der Waals surface area contributed by atoms with Gasteiger partial charge >= 0.3 is 6.16 Å². The standard InChI is InChI=1S/C9H15NO3/c1-2-3-4-5-7-12-9(11)13-8-6-10/h2-5,7-8H2,1H3. The first kappa shape index (κ1) is 11.8. The van der Waals surface area contributed by atoms with E-state index < -0.39 is 6.16 Å². The van der Waals surface area contributed by atoms with Gasteiger partial charge in [0.1, 0.15) is 6.07 Å². The van der Waals surface area contributed by atoms with E-state index in [0.717, 1.165) is 25.7 Å². The largest absolute Gasteiger partial charge is 0.509 e. The second kappa shape index (κ2) is 8.85. The second-order valence-electron chi connectivity index (χ2n) is 2.61. The van der Waals surface area contributed by atoms with Gasteiger partial charge in [0.25, 0.3) is 0 Å². The van der Waals surface area contributed by atoms with Crippen molar-refractivity contribution in [3.8, 4) is 6.07 Å². The molecule has 4 heteroatoms. The van der Waals surface area contributed by atoms with Crippen LogP contribution in [0.25, 0.3) is 0 Å².